The van der Waals surface area contributed by atoms with Crippen molar-refractivity contribution in [2.45, 2.75) is 84.1 Å². The van der Waals surface area contributed by atoms with E-state index in [0.717, 1.165) is 29.3 Å². The van der Waals surface area contributed by atoms with Crippen molar-refractivity contribution in [2.75, 3.05) is 0 Å². The zero-order chi connectivity index (χ0) is 20.3. The van der Waals surface area contributed by atoms with Gasteiger partial charge in [0.05, 0.1) is 11.0 Å². The molecule has 2 nitrogen and oxygen atoms in total. The van der Waals surface area contributed by atoms with Crippen molar-refractivity contribution >= 4 is 22.6 Å². The number of benzene rings is 2. The monoisotopic (exact) mass is 410 g/mol. The number of aryl methyl sites for hydroxylation is 1. The van der Waals surface area contributed by atoms with E-state index in [2.05, 4.69) is 47.9 Å². The van der Waals surface area contributed by atoms with Crippen LogP contribution in [0.4, 0.5) is 0 Å². The van der Waals surface area contributed by atoms with E-state index in [9.17, 15) is 0 Å². The van der Waals surface area contributed by atoms with Crippen molar-refractivity contribution < 1.29 is 0 Å². The SMILES string of the molecule is CCCCCCCCCCCCn1c(Cc2ccc(Cl)cc2)nc2ccccc21. The molecule has 29 heavy (non-hydrogen) atoms. The molecule has 3 rings (SSSR count). The normalized spacial score (nSPS) is 11.4. The Bertz CT molecular complexity index is 851. The molecule has 0 bridgehead atoms. The second kappa shape index (κ2) is 12.0. The molecule has 0 N–H and O–H groups in total. The van der Waals surface area contributed by atoms with Crippen LogP contribution in [0, 0.1) is 0 Å². The Hall–Kier alpha value is -1.80. The Morgan fingerprint density at radius 2 is 1.38 bits per heavy atom. The number of para-hydroxylation sites is 2. The summed E-state index contributed by atoms with van der Waals surface area (Å²) in [5.74, 6) is 1.16. The van der Waals surface area contributed by atoms with Crippen LogP contribution < -0.4 is 0 Å². The minimum atomic E-state index is 0.785. The fourth-order valence-electron chi connectivity index (χ4n) is 4.05. The number of hydrogen-bond acceptors (Lipinski definition) is 1. The van der Waals surface area contributed by atoms with Crippen molar-refractivity contribution in [1.82, 2.24) is 9.55 Å². The van der Waals surface area contributed by atoms with Gasteiger partial charge < -0.3 is 4.57 Å². The lowest BCUT2D eigenvalue weighted by molar-refractivity contribution is 0.533. The van der Waals surface area contributed by atoms with Crippen molar-refractivity contribution in [3.63, 3.8) is 0 Å². The Morgan fingerprint density at radius 3 is 2.07 bits per heavy atom. The highest BCUT2D eigenvalue weighted by molar-refractivity contribution is 6.30. The van der Waals surface area contributed by atoms with Crippen LogP contribution in [0.15, 0.2) is 48.5 Å². The van der Waals surface area contributed by atoms with Gasteiger partial charge in [-0.05, 0) is 36.2 Å². The van der Waals surface area contributed by atoms with Crippen LogP contribution in [-0.4, -0.2) is 9.55 Å². The third kappa shape index (κ3) is 6.89. The molecule has 2 aromatic carbocycles. The van der Waals surface area contributed by atoms with E-state index in [1.165, 1.54) is 75.3 Å². The molecule has 0 saturated carbocycles. The first-order chi connectivity index (χ1) is 14.3. The van der Waals surface area contributed by atoms with Crippen LogP contribution in [0.25, 0.3) is 11.0 Å². The molecule has 0 amide bonds. The molecule has 0 atom stereocenters. The summed E-state index contributed by atoms with van der Waals surface area (Å²) in [6.07, 6.45) is 14.5. The van der Waals surface area contributed by atoms with Gasteiger partial charge in [0.1, 0.15) is 5.82 Å². The first kappa shape index (κ1) is 21.9. The average Bonchev–Trinajstić information content (AvgIpc) is 3.08. The van der Waals surface area contributed by atoms with Crippen LogP contribution in [-0.2, 0) is 13.0 Å². The third-order valence-electron chi connectivity index (χ3n) is 5.74. The summed E-state index contributed by atoms with van der Waals surface area (Å²) in [5.41, 5.74) is 3.62. The van der Waals surface area contributed by atoms with E-state index in [4.69, 9.17) is 16.6 Å². The van der Waals surface area contributed by atoms with Gasteiger partial charge in [-0.25, -0.2) is 4.98 Å². The fraction of sp³-hybridized carbons (Fsp3) is 0.500. The molecule has 0 saturated heterocycles. The zero-order valence-corrected chi connectivity index (χ0v) is 18.6. The van der Waals surface area contributed by atoms with Gasteiger partial charge in [0.2, 0.25) is 0 Å². The standard InChI is InChI=1S/C26H35ClN2/c1-2-3-4-5-6-7-8-9-10-13-20-29-25-15-12-11-14-24(25)28-26(29)21-22-16-18-23(27)19-17-22/h11-12,14-19H,2-10,13,20-21H2,1H3. The number of halogens is 1. The van der Waals surface area contributed by atoms with Gasteiger partial charge in [0, 0.05) is 18.0 Å². The fourth-order valence-corrected chi connectivity index (χ4v) is 4.18. The quantitative estimate of drug-likeness (QED) is 0.259. The average molecular weight is 411 g/mol. The Kier molecular flexibility index (Phi) is 9.08. The summed E-state index contributed by atoms with van der Waals surface area (Å²) in [7, 11) is 0. The maximum Gasteiger partial charge on any atom is 0.114 e. The highest BCUT2D eigenvalue weighted by Crippen LogP contribution is 2.21. The highest BCUT2D eigenvalue weighted by Gasteiger charge is 2.11. The van der Waals surface area contributed by atoms with Crippen LogP contribution >= 0.6 is 11.6 Å². The molecule has 1 heterocycles. The Balaban J connectivity index is 1.51. The van der Waals surface area contributed by atoms with Gasteiger partial charge in [-0.3, -0.25) is 0 Å². The van der Waals surface area contributed by atoms with Gasteiger partial charge in [-0.15, -0.1) is 0 Å². The predicted molar refractivity (Wildman–Crippen MR) is 126 cm³/mol. The van der Waals surface area contributed by atoms with Gasteiger partial charge in [0.25, 0.3) is 0 Å². The minimum absolute atomic E-state index is 0.785. The number of rotatable bonds is 13. The smallest absolute Gasteiger partial charge is 0.114 e. The van der Waals surface area contributed by atoms with E-state index >= 15 is 0 Å². The summed E-state index contributed by atoms with van der Waals surface area (Å²) < 4.78 is 2.43. The third-order valence-corrected chi connectivity index (χ3v) is 6.00. The first-order valence-electron chi connectivity index (χ1n) is 11.5. The van der Waals surface area contributed by atoms with Crippen LogP contribution in [0.5, 0.6) is 0 Å². The van der Waals surface area contributed by atoms with Crippen LogP contribution in [0.1, 0.15) is 82.5 Å². The Morgan fingerprint density at radius 1 is 0.759 bits per heavy atom. The van der Waals surface area contributed by atoms with E-state index in [1.54, 1.807) is 0 Å². The molecule has 0 fully saturated rings. The number of imidazole rings is 1. The van der Waals surface area contributed by atoms with E-state index in [-0.39, 0.29) is 0 Å². The molecule has 0 spiro atoms. The second-order valence-corrected chi connectivity index (χ2v) is 8.59. The number of unbranched alkanes of at least 4 members (excludes halogenated alkanes) is 9. The number of nitrogens with zero attached hydrogens (tertiary/aromatic N) is 2. The van der Waals surface area contributed by atoms with E-state index in [1.807, 2.05) is 12.1 Å². The number of fused-ring (bicyclic) bond motifs is 1. The molecular formula is C26H35ClN2. The summed E-state index contributed by atoms with van der Waals surface area (Å²) >= 11 is 6.04. The maximum atomic E-state index is 6.04. The van der Waals surface area contributed by atoms with Gasteiger partial charge >= 0.3 is 0 Å². The summed E-state index contributed by atoms with van der Waals surface area (Å²) in [6, 6.07) is 16.6. The topological polar surface area (TPSA) is 17.8 Å². The van der Waals surface area contributed by atoms with E-state index < -0.39 is 0 Å². The van der Waals surface area contributed by atoms with Crippen molar-refractivity contribution in [3.05, 3.63) is 64.9 Å². The second-order valence-electron chi connectivity index (χ2n) is 8.15. The highest BCUT2D eigenvalue weighted by atomic mass is 35.5. The van der Waals surface area contributed by atoms with Crippen LogP contribution in [0.2, 0.25) is 5.02 Å². The van der Waals surface area contributed by atoms with Crippen LogP contribution in [0.3, 0.4) is 0 Å². The zero-order valence-electron chi connectivity index (χ0n) is 17.9. The first-order valence-corrected chi connectivity index (χ1v) is 11.8. The number of hydrogen-bond donors (Lipinski definition) is 0. The number of aromatic nitrogens is 2. The molecule has 0 aliphatic rings. The molecule has 156 valence electrons. The lowest BCUT2D eigenvalue weighted by Gasteiger charge is -2.10. The van der Waals surface area contributed by atoms with E-state index in [0.29, 0.717) is 0 Å². The molecule has 0 aliphatic carbocycles. The maximum absolute atomic E-state index is 6.04. The lowest BCUT2D eigenvalue weighted by Crippen LogP contribution is -2.05. The van der Waals surface area contributed by atoms with Gasteiger partial charge in [0.15, 0.2) is 0 Å². The minimum Gasteiger partial charge on any atom is -0.328 e. The molecule has 3 aromatic rings. The van der Waals surface area contributed by atoms with Gasteiger partial charge in [-0.2, -0.15) is 0 Å². The van der Waals surface area contributed by atoms with Crippen molar-refractivity contribution in [2.24, 2.45) is 0 Å². The molecule has 3 heteroatoms. The molecule has 1 aromatic heterocycles. The van der Waals surface area contributed by atoms with Crippen molar-refractivity contribution in [1.29, 1.82) is 0 Å². The molecule has 0 aliphatic heterocycles. The molecular weight excluding hydrogens is 376 g/mol. The largest absolute Gasteiger partial charge is 0.328 e. The van der Waals surface area contributed by atoms with Crippen molar-refractivity contribution in [3.8, 4) is 0 Å². The predicted octanol–water partition coefficient (Wildman–Crippen LogP) is 8.20. The summed E-state index contributed by atoms with van der Waals surface area (Å²) in [4.78, 5) is 4.92. The summed E-state index contributed by atoms with van der Waals surface area (Å²) in [6.45, 7) is 3.34. The summed E-state index contributed by atoms with van der Waals surface area (Å²) in [5, 5.41) is 0.785. The Labute approximate surface area is 181 Å². The van der Waals surface area contributed by atoms with Gasteiger partial charge in [-0.1, -0.05) is 101 Å². The molecule has 0 unspecified atom stereocenters. The lowest BCUT2D eigenvalue weighted by atomic mass is 10.1. The molecule has 0 radical (unpaired) electrons.